The highest BCUT2D eigenvalue weighted by molar-refractivity contribution is 6.29. The maximum atomic E-state index is 12.6. The van der Waals surface area contributed by atoms with Crippen molar-refractivity contribution in [3.63, 3.8) is 0 Å². The Morgan fingerprint density at radius 2 is 1.87 bits per heavy atom. The maximum Gasteiger partial charge on any atom is 0.411 e. The lowest BCUT2D eigenvalue weighted by molar-refractivity contribution is -0.145. The van der Waals surface area contributed by atoms with Crippen molar-refractivity contribution in [3.8, 4) is 17.0 Å². The molecule has 0 radical (unpaired) electrons. The lowest BCUT2D eigenvalue weighted by Crippen LogP contribution is -2.44. The average Bonchev–Trinajstić information content (AvgIpc) is 3.10. The number of nitrogens with zero attached hydrogens (tertiary/aromatic N) is 2. The van der Waals surface area contributed by atoms with Gasteiger partial charge in [0.25, 0.3) is 0 Å². The van der Waals surface area contributed by atoms with Crippen molar-refractivity contribution in [2.45, 2.75) is 44.9 Å². The summed E-state index contributed by atoms with van der Waals surface area (Å²) < 4.78 is 16.4. The number of methoxy groups -OCH3 is 1. The molecule has 2 heterocycles. The fourth-order valence-electron chi connectivity index (χ4n) is 3.26. The molecule has 1 saturated heterocycles. The highest BCUT2D eigenvalue weighted by atomic mass is 35.5. The number of amides is 1. The fraction of sp³-hybridized carbons (Fsp3) is 0.409. The van der Waals surface area contributed by atoms with Gasteiger partial charge in [0.1, 0.15) is 28.6 Å². The summed E-state index contributed by atoms with van der Waals surface area (Å²) in [6.45, 7) is 5.50. The molecule has 0 saturated carbocycles. The zero-order valence-corrected chi connectivity index (χ0v) is 18.2. The van der Waals surface area contributed by atoms with Crippen LogP contribution in [0.25, 0.3) is 11.3 Å². The maximum absolute atomic E-state index is 12.6. The molecule has 0 spiro atoms. The molecule has 7 nitrogen and oxygen atoms in total. The van der Waals surface area contributed by atoms with Gasteiger partial charge in [0.2, 0.25) is 0 Å². The minimum absolute atomic E-state index is 0.190. The molecule has 1 aromatic heterocycles. The first kappa shape index (κ1) is 21.9. The van der Waals surface area contributed by atoms with Gasteiger partial charge in [0.15, 0.2) is 0 Å². The number of aromatic nitrogens is 1. The quantitative estimate of drug-likeness (QED) is 0.528. The van der Waals surface area contributed by atoms with Crippen LogP contribution in [0.3, 0.4) is 0 Å². The molecule has 160 valence electrons. The van der Waals surface area contributed by atoms with Crippen molar-refractivity contribution in [2.75, 3.05) is 13.7 Å². The van der Waals surface area contributed by atoms with E-state index in [1.807, 2.05) is 30.3 Å². The third kappa shape index (κ3) is 5.42. The number of carbonyl (C=O) groups excluding carboxylic acids is 2. The number of hydrogen-bond acceptors (Lipinski definition) is 6. The van der Waals surface area contributed by atoms with E-state index in [-0.39, 0.29) is 18.1 Å². The molecular weight excluding hydrogens is 408 g/mol. The summed E-state index contributed by atoms with van der Waals surface area (Å²) in [6.07, 6.45) is -0.725. The van der Waals surface area contributed by atoms with Gasteiger partial charge in [-0.3, -0.25) is 4.90 Å². The van der Waals surface area contributed by atoms with Crippen LogP contribution in [0.15, 0.2) is 42.5 Å². The minimum atomic E-state index is -0.777. The Morgan fingerprint density at radius 1 is 1.17 bits per heavy atom. The highest BCUT2D eigenvalue weighted by Gasteiger charge is 2.43. The van der Waals surface area contributed by atoms with Crippen molar-refractivity contribution in [3.05, 3.63) is 47.6 Å². The second kappa shape index (κ2) is 8.92. The van der Waals surface area contributed by atoms with Crippen LogP contribution in [0.1, 0.15) is 27.2 Å². The highest BCUT2D eigenvalue weighted by Crippen LogP contribution is 2.29. The number of esters is 1. The van der Waals surface area contributed by atoms with Crippen LogP contribution in [-0.4, -0.2) is 53.3 Å². The third-order valence-electron chi connectivity index (χ3n) is 4.50. The van der Waals surface area contributed by atoms with Gasteiger partial charge in [-0.1, -0.05) is 41.9 Å². The summed E-state index contributed by atoms with van der Waals surface area (Å²) in [5.74, 6) is -0.00166. The topological polar surface area (TPSA) is 78.0 Å². The number of carbonyl (C=O) groups is 2. The SMILES string of the molecule is COC(=O)[C@@H]1C[C@@H](Oc2cc(Cl)nc(-c3ccccc3)c2)CN1C(=O)OC(C)(C)C. The summed E-state index contributed by atoms with van der Waals surface area (Å²) in [6, 6.07) is 12.2. The van der Waals surface area contributed by atoms with Gasteiger partial charge in [0, 0.05) is 24.1 Å². The summed E-state index contributed by atoms with van der Waals surface area (Å²) in [7, 11) is 1.29. The smallest absolute Gasteiger partial charge is 0.411 e. The van der Waals surface area contributed by atoms with Crippen molar-refractivity contribution in [1.29, 1.82) is 0 Å². The summed E-state index contributed by atoms with van der Waals surface area (Å²) in [5, 5.41) is 0.290. The minimum Gasteiger partial charge on any atom is -0.488 e. The largest absolute Gasteiger partial charge is 0.488 e. The Labute approximate surface area is 180 Å². The fourth-order valence-corrected chi connectivity index (χ4v) is 3.45. The lowest BCUT2D eigenvalue weighted by atomic mass is 10.1. The predicted octanol–water partition coefficient (Wildman–Crippen LogP) is 4.33. The molecule has 1 aromatic carbocycles. The molecule has 30 heavy (non-hydrogen) atoms. The Hall–Kier alpha value is -2.80. The molecule has 0 unspecified atom stereocenters. The van der Waals surface area contributed by atoms with E-state index in [1.54, 1.807) is 32.9 Å². The van der Waals surface area contributed by atoms with E-state index < -0.39 is 29.8 Å². The first-order valence-electron chi connectivity index (χ1n) is 9.63. The molecule has 2 aromatic rings. The second-order valence-electron chi connectivity index (χ2n) is 8.02. The normalized spacial score (nSPS) is 18.8. The van der Waals surface area contributed by atoms with Crippen LogP contribution in [0.5, 0.6) is 5.75 Å². The predicted molar refractivity (Wildman–Crippen MR) is 112 cm³/mol. The molecule has 0 N–H and O–H groups in total. The summed E-state index contributed by atoms with van der Waals surface area (Å²) >= 11 is 6.19. The van der Waals surface area contributed by atoms with E-state index in [0.29, 0.717) is 11.4 Å². The molecule has 1 aliphatic rings. The number of likely N-dealkylation sites (tertiary alicyclic amines) is 1. The van der Waals surface area contributed by atoms with Crippen LogP contribution in [0, 0.1) is 0 Å². The van der Waals surface area contributed by atoms with Crippen LogP contribution in [0.2, 0.25) is 5.15 Å². The average molecular weight is 433 g/mol. The van der Waals surface area contributed by atoms with Crippen LogP contribution >= 0.6 is 11.6 Å². The van der Waals surface area contributed by atoms with E-state index in [4.69, 9.17) is 25.8 Å². The number of ether oxygens (including phenoxy) is 3. The molecule has 0 bridgehead atoms. The molecular formula is C22H25ClN2O5. The lowest BCUT2D eigenvalue weighted by Gasteiger charge is -2.27. The van der Waals surface area contributed by atoms with E-state index in [2.05, 4.69) is 4.98 Å². The zero-order valence-electron chi connectivity index (χ0n) is 17.4. The van der Waals surface area contributed by atoms with E-state index in [1.165, 1.54) is 12.0 Å². The summed E-state index contributed by atoms with van der Waals surface area (Å²) in [4.78, 5) is 30.5. The number of hydrogen-bond donors (Lipinski definition) is 0. The Balaban J connectivity index is 1.79. The van der Waals surface area contributed by atoms with Crippen molar-refractivity contribution in [2.24, 2.45) is 0 Å². The molecule has 8 heteroatoms. The van der Waals surface area contributed by atoms with Gasteiger partial charge in [-0.25, -0.2) is 14.6 Å². The Kier molecular flexibility index (Phi) is 6.51. The number of rotatable bonds is 4. The van der Waals surface area contributed by atoms with Crippen LogP contribution in [0.4, 0.5) is 4.79 Å². The Bertz CT molecular complexity index is 913. The first-order valence-corrected chi connectivity index (χ1v) is 10.0. The molecule has 1 amide bonds. The van der Waals surface area contributed by atoms with Crippen molar-refractivity contribution >= 4 is 23.7 Å². The first-order chi connectivity index (χ1) is 14.2. The molecule has 1 aliphatic heterocycles. The number of halogens is 1. The van der Waals surface area contributed by atoms with Gasteiger partial charge in [0.05, 0.1) is 19.3 Å². The van der Waals surface area contributed by atoms with Crippen LogP contribution < -0.4 is 4.74 Å². The van der Waals surface area contributed by atoms with Gasteiger partial charge in [-0.15, -0.1) is 0 Å². The van der Waals surface area contributed by atoms with Crippen LogP contribution in [-0.2, 0) is 14.3 Å². The third-order valence-corrected chi connectivity index (χ3v) is 4.70. The number of pyridine rings is 1. The van der Waals surface area contributed by atoms with Gasteiger partial charge < -0.3 is 14.2 Å². The second-order valence-corrected chi connectivity index (χ2v) is 8.41. The van der Waals surface area contributed by atoms with Crippen molar-refractivity contribution < 1.29 is 23.8 Å². The summed E-state index contributed by atoms with van der Waals surface area (Å²) in [5.41, 5.74) is 0.892. The van der Waals surface area contributed by atoms with E-state index >= 15 is 0 Å². The zero-order chi connectivity index (χ0) is 21.9. The van der Waals surface area contributed by atoms with Crippen molar-refractivity contribution in [1.82, 2.24) is 9.88 Å². The van der Waals surface area contributed by atoms with Gasteiger partial charge >= 0.3 is 12.1 Å². The van der Waals surface area contributed by atoms with Gasteiger partial charge in [-0.2, -0.15) is 0 Å². The standard InChI is InChI=1S/C22H25ClN2O5/c1-22(2,3)30-21(27)25-13-16(11-18(25)20(26)28-4)29-15-10-17(24-19(23)12-15)14-8-6-5-7-9-14/h5-10,12,16,18H,11,13H2,1-4H3/t16-,18+/m1/s1. The molecule has 1 fully saturated rings. The molecule has 0 aliphatic carbocycles. The van der Waals surface area contributed by atoms with E-state index in [9.17, 15) is 9.59 Å². The van der Waals surface area contributed by atoms with Gasteiger partial charge in [-0.05, 0) is 20.8 Å². The monoisotopic (exact) mass is 432 g/mol. The number of benzene rings is 1. The Morgan fingerprint density at radius 3 is 2.50 bits per heavy atom. The molecule has 3 rings (SSSR count). The molecule has 2 atom stereocenters. The van der Waals surface area contributed by atoms with E-state index in [0.717, 1.165) is 5.56 Å².